The van der Waals surface area contributed by atoms with E-state index < -0.39 is 17.6 Å². The van der Waals surface area contributed by atoms with Crippen LogP contribution in [0.2, 0.25) is 0 Å². The Balaban J connectivity index is 2.21. The number of anilines is 1. The number of carbonyl (C=O) groups excluding carboxylic acids is 2. The number of ether oxygens (including phenoxy) is 1. The second-order valence-corrected chi connectivity index (χ2v) is 6.24. The van der Waals surface area contributed by atoms with Gasteiger partial charge < -0.3 is 15.0 Å². The highest BCUT2D eigenvalue weighted by atomic mass is 32.2. The summed E-state index contributed by atoms with van der Waals surface area (Å²) in [6.07, 6.45) is 0.540. The van der Waals surface area contributed by atoms with Crippen LogP contribution < -0.4 is 5.32 Å². The number of H-pyrrole nitrogens is 1. The van der Waals surface area contributed by atoms with Crippen LogP contribution in [0.5, 0.6) is 0 Å². The summed E-state index contributed by atoms with van der Waals surface area (Å²) in [6, 6.07) is 6.10. The highest BCUT2D eigenvalue weighted by Gasteiger charge is 2.23. The van der Waals surface area contributed by atoms with E-state index in [0.717, 1.165) is 0 Å². The molecular formula is C17H18F2N2O3S. The molecule has 5 nitrogen and oxygen atoms in total. The van der Waals surface area contributed by atoms with E-state index in [1.807, 2.05) is 6.92 Å². The average Bonchev–Trinajstić information content (AvgIpc) is 2.92. The van der Waals surface area contributed by atoms with Gasteiger partial charge in [0.1, 0.15) is 5.69 Å². The van der Waals surface area contributed by atoms with E-state index in [2.05, 4.69) is 10.3 Å². The van der Waals surface area contributed by atoms with Crippen LogP contribution in [0, 0.1) is 6.92 Å². The first-order valence-corrected chi connectivity index (χ1v) is 8.41. The lowest BCUT2D eigenvalue weighted by Crippen LogP contribution is -2.14. The van der Waals surface area contributed by atoms with E-state index in [0.29, 0.717) is 45.6 Å². The fourth-order valence-corrected chi connectivity index (χ4v) is 2.94. The number of hydrogen-bond donors (Lipinski definition) is 2. The molecule has 0 fully saturated rings. The van der Waals surface area contributed by atoms with Crippen molar-refractivity contribution >= 4 is 29.3 Å². The molecule has 134 valence electrons. The molecule has 0 aliphatic rings. The third kappa shape index (κ3) is 4.39. The van der Waals surface area contributed by atoms with Crippen molar-refractivity contribution < 1.29 is 23.1 Å². The first-order valence-electron chi connectivity index (χ1n) is 7.53. The first kappa shape index (κ1) is 19.0. The van der Waals surface area contributed by atoms with Gasteiger partial charge in [0.05, 0.1) is 12.7 Å². The highest BCUT2D eigenvalue weighted by molar-refractivity contribution is 7.99. The summed E-state index contributed by atoms with van der Waals surface area (Å²) in [5.41, 5.74) is 2.22. The first-order chi connectivity index (χ1) is 11.9. The van der Waals surface area contributed by atoms with Crippen molar-refractivity contribution in [2.75, 3.05) is 12.4 Å². The third-order valence-electron chi connectivity index (χ3n) is 3.64. The zero-order valence-electron chi connectivity index (χ0n) is 14.0. The molecule has 2 rings (SSSR count). The number of aromatic nitrogens is 1. The minimum Gasteiger partial charge on any atom is -0.465 e. The lowest BCUT2D eigenvalue weighted by molar-refractivity contribution is 0.0599. The predicted octanol–water partition coefficient (Wildman–Crippen LogP) is 4.24. The van der Waals surface area contributed by atoms with Gasteiger partial charge in [0.15, 0.2) is 0 Å². The summed E-state index contributed by atoms with van der Waals surface area (Å²) < 4.78 is 29.4. The molecule has 2 aromatic rings. The molecule has 1 aromatic carbocycles. The fourth-order valence-electron chi connectivity index (χ4n) is 2.44. The minimum absolute atomic E-state index is 0.267. The van der Waals surface area contributed by atoms with Crippen LogP contribution in [0.1, 0.15) is 39.0 Å². The van der Waals surface area contributed by atoms with Crippen molar-refractivity contribution in [1.82, 2.24) is 4.98 Å². The van der Waals surface area contributed by atoms with E-state index in [4.69, 9.17) is 4.74 Å². The van der Waals surface area contributed by atoms with Gasteiger partial charge in [0.25, 0.3) is 11.7 Å². The highest BCUT2D eigenvalue weighted by Crippen LogP contribution is 2.26. The largest absolute Gasteiger partial charge is 0.465 e. The van der Waals surface area contributed by atoms with E-state index in [9.17, 15) is 18.4 Å². The maximum absolute atomic E-state index is 12.5. The molecule has 8 heteroatoms. The lowest BCUT2D eigenvalue weighted by Gasteiger charge is -2.06. The summed E-state index contributed by atoms with van der Waals surface area (Å²) in [5.74, 6) is -3.42. The number of benzene rings is 1. The number of rotatable bonds is 6. The van der Waals surface area contributed by atoms with E-state index in [1.165, 1.54) is 19.2 Å². The molecule has 2 N–H and O–H groups in total. The van der Waals surface area contributed by atoms with Crippen LogP contribution in [-0.4, -0.2) is 29.7 Å². The second-order valence-electron chi connectivity index (χ2n) is 5.18. The standard InChI is InChI=1S/C17H18F2N2O3S/c1-4-12-13(16(23)24-3)9(2)14(21-12)15(22)20-10-5-7-11(8-6-10)25-17(18)19/h5-8,17,21H,4H2,1-3H3,(H,20,22). The summed E-state index contributed by atoms with van der Waals surface area (Å²) in [4.78, 5) is 27.7. The van der Waals surface area contributed by atoms with Gasteiger partial charge in [-0.25, -0.2) is 4.79 Å². The maximum Gasteiger partial charge on any atom is 0.339 e. The van der Waals surface area contributed by atoms with Crippen LogP contribution in [0.4, 0.5) is 14.5 Å². The zero-order chi connectivity index (χ0) is 18.6. The maximum atomic E-state index is 12.5. The van der Waals surface area contributed by atoms with Gasteiger partial charge in [-0.05, 0) is 43.2 Å². The Bertz CT molecular complexity index is 773. The molecule has 0 saturated heterocycles. The van der Waals surface area contributed by atoms with Crippen molar-refractivity contribution in [3.8, 4) is 0 Å². The molecule has 0 atom stereocenters. The Morgan fingerprint density at radius 1 is 1.28 bits per heavy atom. The number of alkyl halides is 2. The summed E-state index contributed by atoms with van der Waals surface area (Å²) in [5, 5.41) is 2.68. The van der Waals surface area contributed by atoms with Crippen LogP contribution in [-0.2, 0) is 11.2 Å². The zero-order valence-corrected chi connectivity index (χ0v) is 14.8. The number of halogens is 2. The van der Waals surface area contributed by atoms with Crippen molar-refractivity contribution in [1.29, 1.82) is 0 Å². The van der Waals surface area contributed by atoms with Crippen LogP contribution in [0.25, 0.3) is 0 Å². The van der Waals surface area contributed by atoms with Gasteiger partial charge in [-0.1, -0.05) is 18.7 Å². The number of carbonyl (C=O) groups is 2. The number of aromatic amines is 1. The molecule has 0 unspecified atom stereocenters. The Kier molecular flexibility index (Phi) is 6.19. The topological polar surface area (TPSA) is 71.2 Å². The smallest absolute Gasteiger partial charge is 0.339 e. The lowest BCUT2D eigenvalue weighted by atomic mass is 10.1. The number of hydrogen-bond acceptors (Lipinski definition) is 4. The van der Waals surface area contributed by atoms with Gasteiger partial charge in [-0.3, -0.25) is 4.79 Å². The van der Waals surface area contributed by atoms with Crippen molar-refractivity contribution in [3.05, 3.63) is 46.8 Å². The van der Waals surface area contributed by atoms with Crippen molar-refractivity contribution in [3.63, 3.8) is 0 Å². The molecule has 1 amide bonds. The summed E-state index contributed by atoms with van der Waals surface area (Å²) in [6.45, 7) is 3.53. The molecule has 1 aromatic heterocycles. The van der Waals surface area contributed by atoms with Gasteiger partial charge >= 0.3 is 5.97 Å². The molecular weight excluding hydrogens is 350 g/mol. The molecule has 25 heavy (non-hydrogen) atoms. The van der Waals surface area contributed by atoms with E-state index >= 15 is 0 Å². The Hall–Kier alpha value is -2.35. The van der Waals surface area contributed by atoms with Crippen molar-refractivity contribution in [2.24, 2.45) is 0 Å². The predicted molar refractivity (Wildman–Crippen MR) is 92.5 cm³/mol. The quantitative estimate of drug-likeness (QED) is 0.591. The number of nitrogens with one attached hydrogen (secondary N) is 2. The third-order valence-corrected chi connectivity index (χ3v) is 4.36. The van der Waals surface area contributed by atoms with Crippen LogP contribution in [0.15, 0.2) is 29.2 Å². The number of amides is 1. The van der Waals surface area contributed by atoms with Crippen molar-refractivity contribution in [2.45, 2.75) is 30.9 Å². The molecule has 0 aliphatic heterocycles. The van der Waals surface area contributed by atoms with Gasteiger partial charge in [0, 0.05) is 16.3 Å². The Labute approximate surface area is 148 Å². The van der Waals surface area contributed by atoms with E-state index in [-0.39, 0.29) is 5.69 Å². The Morgan fingerprint density at radius 2 is 1.92 bits per heavy atom. The average molecular weight is 368 g/mol. The van der Waals surface area contributed by atoms with Crippen LogP contribution in [0.3, 0.4) is 0 Å². The summed E-state index contributed by atoms with van der Waals surface area (Å²) in [7, 11) is 1.28. The van der Waals surface area contributed by atoms with E-state index in [1.54, 1.807) is 19.1 Å². The molecule has 1 heterocycles. The normalized spacial score (nSPS) is 10.8. The molecule has 0 aliphatic carbocycles. The minimum atomic E-state index is -2.49. The number of esters is 1. The molecule has 0 spiro atoms. The fraction of sp³-hybridized carbons (Fsp3) is 0.294. The summed E-state index contributed by atoms with van der Waals surface area (Å²) >= 11 is 0.435. The van der Waals surface area contributed by atoms with Gasteiger partial charge in [-0.15, -0.1) is 0 Å². The Morgan fingerprint density at radius 3 is 2.44 bits per heavy atom. The SMILES string of the molecule is CCc1[nH]c(C(=O)Nc2ccc(SC(F)F)cc2)c(C)c1C(=O)OC. The van der Waals surface area contributed by atoms with Gasteiger partial charge in [0.2, 0.25) is 0 Å². The molecule has 0 saturated carbocycles. The number of aryl methyl sites for hydroxylation is 1. The number of thioether (sulfide) groups is 1. The second kappa shape index (κ2) is 8.15. The van der Waals surface area contributed by atoms with Gasteiger partial charge in [-0.2, -0.15) is 8.78 Å². The molecule has 0 radical (unpaired) electrons. The number of methoxy groups -OCH3 is 1. The monoisotopic (exact) mass is 368 g/mol. The van der Waals surface area contributed by atoms with Crippen LogP contribution >= 0.6 is 11.8 Å². The molecule has 0 bridgehead atoms.